The summed E-state index contributed by atoms with van der Waals surface area (Å²) < 4.78 is 10.6. The number of ether oxygens (including phenoxy) is 2. The highest BCUT2D eigenvalue weighted by atomic mass is 16.5. The summed E-state index contributed by atoms with van der Waals surface area (Å²) in [5, 5.41) is 11.5. The molecule has 0 aliphatic rings. The molecule has 0 aliphatic heterocycles. The average Bonchev–Trinajstić information content (AvgIpc) is 2.59. The van der Waals surface area contributed by atoms with Gasteiger partial charge in [0.15, 0.2) is 0 Å². The van der Waals surface area contributed by atoms with E-state index in [1.54, 1.807) is 19.1 Å². The molecule has 1 unspecified atom stereocenters. The lowest BCUT2D eigenvalue weighted by atomic mass is 10.2. The largest absolute Gasteiger partial charge is 0.491 e. The van der Waals surface area contributed by atoms with E-state index in [1.807, 2.05) is 30.3 Å². The molecule has 0 aromatic heterocycles. The summed E-state index contributed by atoms with van der Waals surface area (Å²) in [7, 11) is 0. The van der Waals surface area contributed by atoms with Gasteiger partial charge in [-0.2, -0.15) is 0 Å². The smallest absolute Gasteiger partial charge is 0.407 e. The van der Waals surface area contributed by atoms with Crippen molar-refractivity contribution in [2.75, 3.05) is 6.61 Å². The highest BCUT2D eigenvalue weighted by Gasteiger charge is 2.10. The molecule has 2 aromatic rings. The fourth-order valence-electron chi connectivity index (χ4n) is 1.92. The first-order valence-electron chi connectivity index (χ1n) is 7.48. The fourth-order valence-corrected chi connectivity index (χ4v) is 1.92. The van der Waals surface area contributed by atoms with Crippen LogP contribution in [0.15, 0.2) is 54.6 Å². The second-order valence-corrected chi connectivity index (χ2v) is 5.25. The summed E-state index contributed by atoms with van der Waals surface area (Å²) in [6.07, 6.45) is -0.517. The number of carboxylic acids is 1. The number of benzene rings is 2. The van der Waals surface area contributed by atoms with Gasteiger partial charge in [-0.25, -0.2) is 9.59 Å². The summed E-state index contributed by atoms with van der Waals surface area (Å²) in [5.41, 5.74) is 1.10. The van der Waals surface area contributed by atoms with Gasteiger partial charge in [0.05, 0.1) is 11.6 Å². The molecule has 0 aliphatic carbocycles. The van der Waals surface area contributed by atoms with Crippen molar-refractivity contribution >= 4 is 12.1 Å². The first-order valence-corrected chi connectivity index (χ1v) is 7.48. The molecule has 6 heteroatoms. The Balaban J connectivity index is 1.71. The van der Waals surface area contributed by atoms with Gasteiger partial charge in [0.25, 0.3) is 0 Å². The molecule has 6 nitrogen and oxygen atoms in total. The number of hydrogen-bond acceptors (Lipinski definition) is 4. The monoisotopic (exact) mass is 329 g/mol. The third-order valence-electron chi connectivity index (χ3n) is 3.18. The van der Waals surface area contributed by atoms with Crippen molar-refractivity contribution in [1.29, 1.82) is 0 Å². The van der Waals surface area contributed by atoms with Crippen LogP contribution < -0.4 is 10.1 Å². The van der Waals surface area contributed by atoms with Gasteiger partial charge >= 0.3 is 12.1 Å². The molecule has 2 N–H and O–H groups in total. The fraction of sp³-hybridized carbons (Fsp3) is 0.222. The number of hydrogen-bond donors (Lipinski definition) is 2. The average molecular weight is 329 g/mol. The van der Waals surface area contributed by atoms with Crippen molar-refractivity contribution < 1.29 is 24.2 Å². The normalized spacial score (nSPS) is 11.4. The summed E-state index contributed by atoms with van der Waals surface area (Å²) in [5.74, 6) is -0.455. The van der Waals surface area contributed by atoms with E-state index < -0.39 is 12.1 Å². The Kier molecular flexibility index (Phi) is 6.19. The number of nitrogens with one attached hydrogen (secondary N) is 1. The van der Waals surface area contributed by atoms with E-state index in [2.05, 4.69) is 5.32 Å². The molecule has 2 aromatic carbocycles. The molecule has 126 valence electrons. The first kappa shape index (κ1) is 17.3. The maximum Gasteiger partial charge on any atom is 0.407 e. The van der Waals surface area contributed by atoms with E-state index in [0.717, 1.165) is 5.56 Å². The summed E-state index contributed by atoms with van der Waals surface area (Å²) in [4.78, 5) is 22.5. The highest BCUT2D eigenvalue weighted by Crippen LogP contribution is 2.12. The first-order chi connectivity index (χ1) is 11.5. The van der Waals surface area contributed by atoms with Crippen LogP contribution in [-0.4, -0.2) is 29.8 Å². The second kappa shape index (κ2) is 8.57. The van der Waals surface area contributed by atoms with Crippen molar-refractivity contribution in [1.82, 2.24) is 5.32 Å². The zero-order chi connectivity index (χ0) is 17.4. The van der Waals surface area contributed by atoms with E-state index in [9.17, 15) is 9.59 Å². The quantitative estimate of drug-likeness (QED) is 0.815. The number of carboxylic acid groups (broad SMARTS) is 1. The molecule has 0 saturated heterocycles. The molecule has 0 spiro atoms. The summed E-state index contributed by atoms with van der Waals surface area (Å²) in [6.45, 7) is 2.24. The van der Waals surface area contributed by atoms with Gasteiger partial charge in [-0.05, 0) is 36.8 Å². The minimum absolute atomic E-state index is 0.193. The zero-order valence-corrected chi connectivity index (χ0v) is 13.3. The van der Waals surface area contributed by atoms with Crippen LogP contribution in [0, 0.1) is 0 Å². The SMILES string of the molecule is CC(COc1ccc(C(=O)O)cc1)NC(=O)OCc1ccccc1. The van der Waals surface area contributed by atoms with Crippen molar-refractivity contribution in [3.8, 4) is 5.75 Å². The standard InChI is InChI=1S/C18H19NO5/c1-13(11-23-16-9-7-15(8-10-16)17(20)21)19-18(22)24-12-14-5-3-2-4-6-14/h2-10,13H,11-12H2,1H3,(H,19,22)(H,20,21). The van der Waals surface area contributed by atoms with Gasteiger partial charge in [0.2, 0.25) is 0 Å². The molecule has 0 saturated carbocycles. The van der Waals surface area contributed by atoms with E-state index in [-0.39, 0.29) is 24.8 Å². The van der Waals surface area contributed by atoms with Crippen molar-refractivity contribution in [2.24, 2.45) is 0 Å². The van der Waals surface area contributed by atoms with Gasteiger partial charge in [0.1, 0.15) is 19.0 Å². The molecule has 2 rings (SSSR count). The van der Waals surface area contributed by atoms with E-state index in [1.165, 1.54) is 12.1 Å². The van der Waals surface area contributed by atoms with Crippen LogP contribution in [0.1, 0.15) is 22.8 Å². The number of rotatable bonds is 7. The molecular formula is C18H19NO5. The van der Waals surface area contributed by atoms with Crippen LogP contribution in [0.5, 0.6) is 5.75 Å². The highest BCUT2D eigenvalue weighted by molar-refractivity contribution is 5.87. The lowest BCUT2D eigenvalue weighted by Gasteiger charge is -2.15. The molecule has 1 atom stereocenters. The molecular weight excluding hydrogens is 310 g/mol. The van der Waals surface area contributed by atoms with E-state index in [0.29, 0.717) is 5.75 Å². The van der Waals surface area contributed by atoms with Crippen LogP contribution in [0.4, 0.5) is 4.79 Å². The number of amides is 1. The molecule has 24 heavy (non-hydrogen) atoms. The van der Waals surface area contributed by atoms with Crippen molar-refractivity contribution in [3.05, 3.63) is 65.7 Å². The maximum atomic E-state index is 11.7. The number of carbonyl (C=O) groups is 2. The Morgan fingerprint density at radius 3 is 2.38 bits per heavy atom. The molecule has 0 radical (unpaired) electrons. The number of alkyl carbamates (subject to hydrolysis) is 1. The van der Waals surface area contributed by atoms with Gasteiger partial charge in [-0.3, -0.25) is 0 Å². The lowest BCUT2D eigenvalue weighted by molar-refractivity contribution is 0.0696. The zero-order valence-electron chi connectivity index (χ0n) is 13.3. The molecule has 1 amide bonds. The van der Waals surface area contributed by atoms with Crippen LogP contribution in [0.3, 0.4) is 0 Å². The number of carbonyl (C=O) groups excluding carboxylic acids is 1. The Morgan fingerprint density at radius 1 is 1.08 bits per heavy atom. The Labute approximate surface area is 140 Å². The van der Waals surface area contributed by atoms with Crippen LogP contribution in [0.25, 0.3) is 0 Å². The molecule has 0 fully saturated rings. The Hall–Kier alpha value is -3.02. The third-order valence-corrected chi connectivity index (χ3v) is 3.18. The predicted octanol–water partition coefficient (Wildman–Crippen LogP) is 3.08. The Morgan fingerprint density at radius 2 is 1.75 bits per heavy atom. The predicted molar refractivity (Wildman–Crippen MR) is 88.1 cm³/mol. The lowest BCUT2D eigenvalue weighted by Crippen LogP contribution is -2.37. The maximum absolute atomic E-state index is 11.7. The van der Waals surface area contributed by atoms with Crippen molar-refractivity contribution in [2.45, 2.75) is 19.6 Å². The van der Waals surface area contributed by atoms with Gasteiger partial charge < -0.3 is 19.9 Å². The topological polar surface area (TPSA) is 84.9 Å². The Bertz CT molecular complexity index is 670. The van der Waals surface area contributed by atoms with Gasteiger partial charge in [0, 0.05) is 0 Å². The molecule has 0 bridgehead atoms. The van der Waals surface area contributed by atoms with Gasteiger partial charge in [-0.1, -0.05) is 30.3 Å². The minimum Gasteiger partial charge on any atom is -0.491 e. The van der Waals surface area contributed by atoms with Gasteiger partial charge in [-0.15, -0.1) is 0 Å². The van der Waals surface area contributed by atoms with Crippen LogP contribution in [0.2, 0.25) is 0 Å². The summed E-state index contributed by atoms with van der Waals surface area (Å²) >= 11 is 0. The van der Waals surface area contributed by atoms with E-state index in [4.69, 9.17) is 14.6 Å². The second-order valence-electron chi connectivity index (χ2n) is 5.25. The number of aromatic carboxylic acids is 1. The van der Waals surface area contributed by atoms with Crippen LogP contribution >= 0.6 is 0 Å². The van der Waals surface area contributed by atoms with Crippen LogP contribution in [-0.2, 0) is 11.3 Å². The molecule has 0 heterocycles. The van der Waals surface area contributed by atoms with E-state index >= 15 is 0 Å². The third kappa shape index (κ3) is 5.64. The van der Waals surface area contributed by atoms with Crippen molar-refractivity contribution in [3.63, 3.8) is 0 Å². The summed E-state index contributed by atoms with van der Waals surface area (Å²) in [6, 6.07) is 15.2. The minimum atomic E-state index is -0.988.